The summed E-state index contributed by atoms with van der Waals surface area (Å²) < 4.78 is 25.7. The lowest BCUT2D eigenvalue weighted by atomic mass is 9.98. The minimum atomic E-state index is -3.26. The van der Waals surface area contributed by atoms with E-state index < -0.39 is 15.6 Å². The zero-order valence-electron chi connectivity index (χ0n) is 12.0. The highest BCUT2D eigenvalue weighted by Gasteiger charge is 2.37. The van der Waals surface area contributed by atoms with Crippen molar-refractivity contribution in [2.75, 3.05) is 36.9 Å². The number of amides is 1. The first kappa shape index (κ1) is 19.0. The smallest absolute Gasteiger partial charge is 0.240 e. The number of carbonyl (C=O) groups excluding carboxylic acids is 1. The summed E-state index contributed by atoms with van der Waals surface area (Å²) in [5.41, 5.74) is 5.23. The fourth-order valence-corrected chi connectivity index (χ4v) is 5.15. The lowest BCUT2D eigenvalue weighted by molar-refractivity contribution is -0.126. The van der Waals surface area contributed by atoms with Crippen LogP contribution in [0, 0.1) is 0 Å². The molecule has 0 aromatic carbocycles. The number of hydrogen-bond acceptors (Lipinski definition) is 5. The van der Waals surface area contributed by atoms with E-state index in [0.717, 1.165) is 24.3 Å². The Morgan fingerprint density at radius 2 is 1.81 bits per heavy atom. The van der Waals surface area contributed by atoms with Crippen LogP contribution in [0.15, 0.2) is 0 Å². The summed E-state index contributed by atoms with van der Waals surface area (Å²) in [7, 11) is -3.26. The first-order chi connectivity index (χ1) is 9.44. The van der Waals surface area contributed by atoms with Crippen molar-refractivity contribution in [3.63, 3.8) is 0 Å². The number of hydrogen-bond donors (Lipinski definition) is 2. The van der Waals surface area contributed by atoms with E-state index in [2.05, 4.69) is 5.32 Å². The summed E-state index contributed by atoms with van der Waals surface area (Å²) in [5.74, 6) is 1.44. The van der Waals surface area contributed by atoms with Crippen LogP contribution in [0.4, 0.5) is 0 Å². The number of thioether (sulfide) groups is 1. The molecular formula is C12H24ClN3O3S2. The third-order valence-corrected chi connectivity index (χ3v) is 6.77. The predicted molar refractivity (Wildman–Crippen MR) is 88.3 cm³/mol. The zero-order valence-corrected chi connectivity index (χ0v) is 14.5. The molecule has 1 amide bonds. The summed E-state index contributed by atoms with van der Waals surface area (Å²) in [6.45, 7) is 1.29. The molecule has 6 nitrogen and oxygen atoms in total. The van der Waals surface area contributed by atoms with Crippen LogP contribution in [0.1, 0.15) is 25.7 Å². The van der Waals surface area contributed by atoms with Crippen LogP contribution >= 0.6 is 24.2 Å². The Labute approximate surface area is 137 Å². The van der Waals surface area contributed by atoms with Gasteiger partial charge in [-0.1, -0.05) is 12.8 Å². The molecule has 2 rings (SSSR count). The maximum absolute atomic E-state index is 12.1. The van der Waals surface area contributed by atoms with E-state index in [4.69, 9.17) is 5.73 Å². The van der Waals surface area contributed by atoms with Gasteiger partial charge in [-0.25, -0.2) is 12.7 Å². The average Bonchev–Trinajstić information content (AvgIpc) is 2.88. The van der Waals surface area contributed by atoms with Crippen molar-refractivity contribution in [3.05, 3.63) is 0 Å². The molecule has 21 heavy (non-hydrogen) atoms. The SMILES string of the molecule is Cl.NC1(C(=O)NCCS(=O)(=O)N2CCSCC2)CCCC1. The molecule has 1 saturated carbocycles. The number of carbonyl (C=O) groups is 1. The first-order valence-electron chi connectivity index (χ1n) is 7.07. The summed E-state index contributed by atoms with van der Waals surface area (Å²) in [4.78, 5) is 12.0. The molecule has 0 unspecified atom stereocenters. The van der Waals surface area contributed by atoms with Gasteiger partial charge in [-0.3, -0.25) is 4.79 Å². The second-order valence-corrected chi connectivity index (χ2v) is 8.76. The zero-order chi connectivity index (χ0) is 14.6. The molecule has 1 aliphatic heterocycles. The second-order valence-electron chi connectivity index (χ2n) is 5.45. The van der Waals surface area contributed by atoms with Crippen molar-refractivity contribution in [1.82, 2.24) is 9.62 Å². The van der Waals surface area contributed by atoms with E-state index >= 15 is 0 Å². The van der Waals surface area contributed by atoms with Crippen molar-refractivity contribution >= 4 is 40.1 Å². The van der Waals surface area contributed by atoms with Crippen LogP contribution in [0.3, 0.4) is 0 Å². The van der Waals surface area contributed by atoms with Crippen LogP contribution in [0.2, 0.25) is 0 Å². The molecule has 2 aliphatic rings. The maximum Gasteiger partial charge on any atom is 0.240 e. The molecule has 124 valence electrons. The predicted octanol–water partition coefficient (Wildman–Crippen LogP) is 0.174. The van der Waals surface area contributed by atoms with Gasteiger partial charge in [-0.05, 0) is 12.8 Å². The Bertz CT molecular complexity index is 447. The standard InChI is InChI=1S/C12H23N3O3S2.ClH/c13-12(3-1-2-4-12)11(16)14-5-10-20(17,18)15-6-8-19-9-7-15;/h1-10,13H2,(H,14,16);1H. The quantitative estimate of drug-likeness (QED) is 0.732. The Kier molecular flexibility index (Phi) is 7.26. The van der Waals surface area contributed by atoms with E-state index in [0.29, 0.717) is 25.9 Å². The van der Waals surface area contributed by atoms with Crippen LogP contribution in [0.25, 0.3) is 0 Å². The van der Waals surface area contributed by atoms with Gasteiger partial charge in [0.1, 0.15) is 0 Å². The number of sulfonamides is 1. The molecule has 1 aliphatic carbocycles. The van der Waals surface area contributed by atoms with Gasteiger partial charge >= 0.3 is 0 Å². The minimum Gasteiger partial charge on any atom is -0.353 e. The van der Waals surface area contributed by atoms with E-state index in [1.54, 1.807) is 11.8 Å². The second kappa shape index (κ2) is 8.01. The number of halogens is 1. The van der Waals surface area contributed by atoms with Gasteiger partial charge in [0.2, 0.25) is 15.9 Å². The average molecular weight is 358 g/mol. The van der Waals surface area contributed by atoms with E-state index in [-0.39, 0.29) is 30.6 Å². The summed E-state index contributed by atoms with van der Waals surface area (Å²) in [5, 5.41) is 2.69. The van der Waals surface area contributed by atoms with E-state index in [1.165, 1.54) is 4.31 Å². The monoisotopic (exact) mass is 357 g/mol. The highest BCUT2D eigenvalue weighted by molar-refractivity contribution is 7.99. The Morgan fingerprint density at radius 3 is 2.38 bits per heavy atom. The highest BCUT2D eigenvalue weighted by Crippen LogP contribution is 2.27. The van der Waals surface area contributed by atoms with Gasteiger partial charge in [-0.2, -0.15) is 11.8 Å². The van der Waals surface area contributed by atoms with Gasteiger partial charge in [-0.15, -0.1) is 12.4 Å². The first-order valence-corrected chi connectivity index (χ1v) is 9.83. The van der Waals surface area contributed by atoms with Gasteiger partial charge in [0.15, 0.2) is 0 Å². The molecule has 1 saturated heterocycles. The molecule has 0 aromatic rings. The van der Waals surface area contributed by atoms with Crippen molar-refractivity contribution in [3.8, 4) is 0 Å². The van der Waals surface area contributed by atoms with Crippen LogP contribution < -0.4 is 11.1 Å². The Balaban J connectivity index is 0.00000220. The lowest BCUT2D eigenvalue weighted by Crippen LogP contribution is -2.53. The molecule has 3 N–H and O–H groups in total. The summed E-state index contributed by atoms with van der Waals surface area (Å²) >= 11 is 1.77. The van der Waals surface area contributed by atoms with Gasteiger partial charge in [0, 0.05) is 31.1 Å². The topological polar surface area (TPSA) is 92.5 Å². The van der Waals surface area contributed by atoms with Gasteiger partial charge < -0.3 is 11.1 Å². The van der Waals surface area contributed by atoms with Crippen molar-refractivity contribution in [2.24, 2.45) is 5.73 Å². The largest absolute Gasteiger partial charge is 0.353 e. The molecule has 0 spiro atoms. The number of nitrogens with two attached hydrogens (primary N) is 1. The van der Waals surface area contributed by atoms with Crippen molar-refractivity contribution in [1.29, 1.82) is 0 Å². The molecule has 1 heterocycles. The number of rotatable bonds is 5. The van der Waals surface area contributed by atoms with Crippen LogP contribution in [0.5, 0.6) is 0 Å². The third kappa shape index (κ3) is 4.99. The third-order valence-electron chi connectivity index (χ3n) is 3.96. The normalized spacial score (nSPS) is 22.5. The molecule has 2 fully saturated rings. The Morgan fingerprint density at radius 1 is 1.24 bits per heavy atom. The fraction of sp³-hybridized carbons (Fsp3) is 0.917. The molecular weight excluding hydrogens is 334 g/mol. The maximum atomic E-state index is 12.1. The molecule has 0 atom stereocenters. The molecule has 9 heteroatoms. The van der Waals surface area contributed by atoms with Gasteiger partial charge in [0.25, 0.3) is 0 Å². The molecule has 0 bridgehead atoms. The molecule has 0 aromatic heterocycles. The molecule has 0 radical (unpaired) electrons. The van der Waals surface area contributed by atoms with E-state index in [9.17, 15) is 13.2 Å². The highest BCUT2D eigenvalue weighted by atomic mass is 35.5. The Hall–Kier alpha value is -0.0200. The summed E-state index contributed by atoms with van der Waals surface area (Å²) in [6.07, 6.45) is 3.31. The van der Waals surface area contributed by atoms with Crippen LogP contribution in [-0.2, 0) is 14.8 Å². The van der Waals surface area contributed by atoms with Crippen molar-refractivity contribution < 1.29 is 13.2 Å². The number of nitrogens with zero attached hydrogens (tertiary/aromatic N) is 1. The van der Waals surface area contributed by atoms with Gasteiger partial charge in [0.05, 0.1) is 11.3 Å². The lowest BCUT2D eigenvalue weighted by Gasteiger charge is -2.26. The fourth-order valence-electron chi connectivity index (χ4n) is 2.66. The minimum absolute atomic E-state index is 0. The van der Waals surface area contributed by atoms with E-state index in [1.807, 2.05) is 0 Å². The number of nitrogens with one attached hydrogen (secondary N) is 1. The summed E-state index contributed by atoms with van der Waals surface area (Å²) in [6, 6.07) is 0. The van der Waals surface area contributed by atoms with Crippen LogP contribution in [-0.4, -0.2) is 61.1 Å². The van der Waals surface area contributed by atoms with Crippen molar-refractivity contribution in [2.45, 2.75) is 31.2 Å².